The first-order valence-corrected chi connectivity index (χ1v) is 6.48. The second-order valence-corrected chi connectivity index (χ2v) is 4.77. The van der Waals surface area contributed by atoms with Crippen LogP contribution < -0.4 is 4.90 Å². The summed E-state index contributed by atoms with van der Waals surface area (Å²) in [6.45, 7) is 0. The summed E-state index contributed by atoms with van der Waals surface area (Å²) >= 11 is 0. The van der Waals surface area contributed by atoms with E-state index in [1.807, 2.05) is 47.7 Å². The summed E-state index contributed by atoms with van der Waals surface area (Å²) in [5.41, 5.74) is 3.09. The Kier molecular flexibility index (Phi) is 3.21. The number of fused-ring (bicyclic) bond motifs is 1. The molecular formula is C16H16N4. The van der Waals surface area contributed by atoms with Gasteiger partial charge < -0.3 is 4.90 Å². The molecule has 0 atom stereocenters. The highest BCUT2D eigenvalue weighted by Crippen LogP contribution is 2.21. The smallest absolute Gasteiger partial charge is 0.154 e. The minimum absolute atomic E-state index is 0.899. The number of imidazole rings is 1. The maximum absolute atomic E-state index is 4.62. The van der Waals surface area contributed by atoms with Crippen LogP contribution in [-0.4, -0.2) is 28.5 Å². The molecule has 0 spiro atoms. The number of nitrogens with zero attached hydrogens (tertiary/aromatic N) is 4. The lowest BCUT2D eigenvalue weighted by Gasteiger charge is -2.09. The third-order valence-corrected chi connectivity index (χ3v) is 3.10. The van der Waals surface area contributed by atoms with Gasteiger partial charge in [-0.1, -0.05) is 36.4 Å². The van der Waals surface area contributed by atoms with Crippen molar-refractivity contribution in [3.05, 3.63) is 60.2 Å². The van der Waals surface area contributed by atoms with Crippen molar-refractivity contribution >= 4 is 23.6 Å². The SMILES string of the molecule is CN(C)c1nc2ccncn2c1/C=C/c1ccccc1. The maximum Gasteiger partial charge on any atom is 0.154 e. The number of anilines is 1. The monoisotopic (exact) mass is 264 g/mol. The summed E-state index contributed by atoms with van der Waals surface area (Å²) in [5, 5.41) is 0. The highest BCUT2D eigenvalue weighted by atomic mass is 15.2. The third-order valence-electron chi connectivity index (χ3n) is 3.10. The Labute approximate surface area is 118 Å². The summed E-state index contributed by atoms with van der Waals surface area (Å²) in [6.07, 6.45) is 7.71. The lowest BCUT2D eigenvalue weighted by atomic mass is 10.2. The number of hydrogen-bond donors (Lipinski definition) is 0. The zero-order valence-electron chi connectivity index (χ0n) is 11.6. The van der Waals surface area contributed by atoms with Gasteiger partial charge in [0.1, 0.15) is 12.0 Å². The first-order chi connectivity index (χ1) is 9.75. The molecule has 0 aliphatic carbocycles. The molecule has 0 aliphatic rings. The molecule has 0 amide bonds. The van der Waals surface area contributed by atoms with Crippen molar-refractivity contribution in [1.29, 1.82) is 0 Å². The van der Waals surface area contributed by atoms with E-state index in [0.717, 1.165) is 22.7 Å². The maximum atomic E-state index is 4.62. The molecule has 3 rings (SSSR count). The molecule has 4 nitrogen and oxygen atoms in total. The molecule has 0 bridgehead atoms. The molecule has 2 aromatic heterocycles. The van der Waals surface area contributed by atoms with Crippen molar-refractivity contribution in [1.82, 2.24) is 14.4 Å². The molecule has 0 fully saturated rings. The van der Waals surface area contributed by atoms with E-state index in [1.54, 1.807) is 12.5 Å². The van der Waals surface area contributed by atoms with E-state index in [1.165, 1.54) is 0 Å². The predicted octanol–water partition coefficient (Wildman–Crippen LogP) is 2.97. The fourth-order valence-electron chi connectivity index (χ4n) is 2.13. The van der Waals surface area contributed by atoms with Gasteiger partial charge in [-0.15, -0.1) is 0 Å². The van der Waals surface area contributed by atoms with Crippen LogP contribution in [0.3, 0.4) is 0 Å². The molecule has 0 aliphatic heterocycles. The van der Waals surface area contributed by atoms with Crippen LogP contribution >= 0.6 is 0 Å². The summed E-state index contributed by atoms with van der Waals surface area (Å²) < 4.78 is 1.99. The quantitative estimate of drug-likeness (QED) is 0.729. The third kappa shape index (κ3) is 2.28. The molecule has 0 radical (unpaired) electrons. The summed E-state index contributed by atoms with van der Waals surface area (Å²) in [6, 6.07) is 12.1. The molecule has 0 saturated carbocycles. The summed E-state index contributed by atoms with van der Waals surface area (Å²) in [5.74, 6) is 0.935. The van der Waals surface area contributed by atoms with Crippen molar-refractivity contribution in [2.75, 3.05) is 19.0 Å². The van der Waals surface area contributed by atoms with E-state index in [4.69, 9.17) is 0 Å². The Morgan fingerprint density at radius 2 is 1.85 bits per heavy atom. The van der Waals surface area contributed by atoms with E-state index in [9.17, 15) is 0 Å². The molecule has 2 heterocycles. The second kappa shape index (κ2) is 5.17. The van der Waals surface area contributed by atoms with Gasteiger partial charge in [-0.05, 0) is 17.7 Å². The van der Waals surface area contributed by atoms with Gasteiger partial charge in [0.15, 0.2) is 5.82 Å². The molecule has 3 aromatic rings. The van der Waals surface area contributed by atoms with Gasteiger partial charge >= 0.3 is 0 Å². The van der Waals surface area contributed by atoms with E-state index >= 15 is 0 Å². The summed E-state index contributed by atoms with van der Waals surface area (Å²) in [4.78, 5) is 10.8. The first kappa shape index (κ1) is 12.4. The lowest BCUT2D eigenvalue weighted by Crippen LogP contribution is -2.10. The van der Waals surface area contributed by atoms with Crippen LogP contribution in [0.5, 0.6) is 0 Å². The van der Waals surface area contributed by atoms with Crippen molar-refractivity contribution in [3.8, 4) is 0 Å². The van der Waals surface area contributed by atoms with E-state index in [2.05, 4.69) is 34.3 Å². The van der Waals surface area contributed by atoms with Crippen LogP contribution in [0.15, 0.2) is 48.9 Å². The molecule has 4 heteroatoms. The Balaban J connectivity index is 2.10. The van der Waals surface area contributed by atoms with Gasteiger partial charge in [0.2, 0.25) is 0 Å². The Morgan fingerprint density at radius 3 is 2.60 bits per heavy atom. The minimum Gasteiger partial charge on any atom is -0.361 e. The van der Waals surface area contributed by atoms with Gasteiger partial charge in [0, 0.05) is 20.3 Å². The van der Waals surface area contributed by atoms with Crippen molar-refractivity contribution in [3.63, 3.8) is 0 Å². The largest absolute Gasteiger partial charge is 0.361 e. The Bertz CT molecular complexity index is 742. The van der Waals surface area contributed by atoms with Crippen LogP contribution in [0.25, 0.3) is 17.8 Å². The second-order valence-electron chi connectivity index (χ2n) is 4.77. The molecule has 1 aromatic carbocycles. The number of aromatic nitrogens is 3. The fourth-order valence-corrected chi connectivity index (χ4v) is 2.13. The van der Waals surface area contributed by atoms with E-state index < -0.39 is 0 Å². The van der Waals surface area contributed by atoms with Gasteiger partial charge in [0.25, 0.3) is 0 Å². The van der Waals surface area contributed by atoms with Gasteiger partial charge in [0.05, 0.1) is 5.69 Å². The number of benzene rings is 1. The van der Waals surface area contributed by atoms with Gasteiger partial charge in [-0.25, -0.2) is 9.97 Å². The highest BCUT2D eigenvalue weighted by molar-refractivity contribution is 5.76. The van der Waals surface area contributed by atoms with Crippen LogP contribution in [-0.2, 0) is 0 Å². The lowest BCUT2D eigenvalue weighted by molar-refractivity contribution is 1.06. The average molecular weight is 264 g/mol. The van der Waals surface area contributed by atoms with Crippen molar-refractivity contribution in [2.24, 2.45) is 0 Å². The normalized spacial score (nSPS) is 11.3. The molecule has 0 saturated heterocycles. The zero-order valence-corrected chi connectivity index (χ0v) is 11.6. The molecule has 0 N–H and O–H groups in total. The minimum atomic E-state index is 0.899. The van der Waals surface area contributed by atoms with Crippen molar-refractivity contribution < 1.29 is 0 Å². The van der Waals surface area contributed by atoms with E-state index in [-0.39, 0.29) is 0 Å². The predicted molar refractivity (Wildman–Crippen MR) is 82.7 cm³/mol. The van der Waals surface area contributed by atoms with E-state index in [0.29, 0.717) is 0 Å². The Hall–Kier alpha value is -2.62. The Morgan fingerprint density at radius 1 is 1.05 bits per heavy atom. The standard InChI is InChI=1S/C16H16N4/c1-19(2)16-14(9-8-13-6-4-3-5-7-13)20-12-17-11-10-15(20)18-16/h3-12H,1-2H3/b9-8+. The first-order valence-electron chi connectivity index (χ1n) is 6.48. The molecule has 100 valence electrons. The fraction of sp³-hybridized carbons (Fsp3) is 0.125. The molecule has 20 heavy (non-hydrogen) atoms. The van der Waals surface area contributed by atoms with Crippen LogP contribution in [0, 0.1) is 0 Å². The molecule has 0 unspecified atom stereocenters. The number of rotatable bonds is 3. The number of hydrogen-bond acceptors (Lipinski definition) is 3. The summed E-state index contributed by atoms with van der Waals surface area (Å²) in [7, 11) is 3.99. The van der Waals surface area contributed by atoms with Crippen LogP contribution in [0.4, 0.5) is 5.82 Å². The van der Waals surface area contributed by atoms with Crippen molar-refractivity contribution in [2.45, 2.75) is 0 Å². The zero-order chi connectivity index (χ0) is 13.9. The van der Waals surface area contributed by atoms with Gasteiger partial charge in [-0.2, -0.15) is 0 Å². The highest BCUT2D eigenvalue weighted by Gasteiger charge is 2.10. The van der Waals surface area contributed by atoms with Crippen LogP contribution in [0.1, 0.15) is 11.3 Å². The van der Waals surface area contributed by atoms with Gasteiger partial charge in [-0.3, -0.25) is 4.40 Å². The average Bonchev–Trinajstić information content (AvgIpc) is 2.85. The molecular weight excluding hydrogens is 248 g/mol. The topological polar surface area (TPSA) is 33.4 Å². The van der Waals surface area contributed by atoms with Crippen LogP contribution in [0.2, 0.25) is 0 Å².